The van der Waals surface area contributed by atoms with Gasteiger partial charge in [0.05, 0.1) is 0 Å². The summed E-state index contributed by atoms with van der Waals surface area (Å²) in [4.78, 5) is 13.8. The Hall–Kier alpha value is -0.570. The molecule has 2 fully saturated rings. The van der Waals surface area contributed by atoms with E-state index >= 15 is 0 Å². The lowest BCUT2D eigenvalue weighted by Gasteiger charge is -2.41. The molecule has 2 rings (SSSR count). The van der Waals surface area contributed by atoms with Gasteiger partial charge in [-0.3, -0.25) is 4.79 Å². The molecule has 3 nitrogen and oxygen atoms in total. The molecule has 0 bridgehead atoms. The molecule has 0 spiro atoms. The van der Waals surface area contributed by atoms with Crippen molar-refractivity contribution in [2.75, 3.05) is 26.3 Å². The molecule has 2 aliphatic rings. The number of fused-ring (bicyclic) bond motifs is 1. The van der Waals surface area contributed by atoms with Crippen molar-refractivity contribution in [1.29, 1.82) is 0 Å². The predicted octanol–water partition coefficient (Wildman–Crippen LogP) is 2.06. The van der Waals surface area contributed by atoms with Gasteiger partial charge in [0.1, 0.15) is 6.61 Å². The van der Waals surface area contributed by atoms with E-state index in [1.54, 1.807) is 0 Å². The summed E-state index contributed by atoms with van der Waals surface area (Å²) < 4.78 is 5.19. The van der Waals surface area contributed by atoms with Crippen LogP contribution in [0.25, 0.3) is 0 Å². The van der Waals surface area contributed by atoms with Crippen molar-refractivity contribution in [2.24, 2.45) is 11.8 Å². The van der Waals surface area contributed by atoms with Gasteiger partial charge in [0.15, 0.2) is 0 Å². The lowest BCUT2D eigenvalue weighted by atomic mass is 9.75. The van der Waals surface area contributed by atoms with Gasteiger partial charge in [0, 0.05) is 19.7 Å². The van der Waals surface area contributed by atoms with E-state index in [2.05, 4.69) is 0 Å². The summed E-state index contributed by atoms with van der Waals surface area (Å²) in [5.74, 6) is 1.85. The molecule has 1 aliphatic carbocycles. The molecule has 1 saturated heterocycles. The van der Waals surface area contributed by atoms with E-state index in [-0.39, 0.29) is 12.5 Å². The van der Waals surface area contributed by atoms with Gasteiger partial charge in [-0.1, -0.05) is 19.3 Å². The number of amides is 1. The molecular formula is C13H23NO2. The maximum atomic E-state index is 11.8. The van der Waals surface area contributed by atoms with Crippen LogP contribution in [0, 0.1) is 11.8 Å². The van der Waals surface area contributed by atoms with Crippen molar-refractivity contribution in [3.05, 3.63) is 0 Å². The Labute approximate surface area is 98.1 Å². The molecule has 3 heteroatoms. The van der Waals surface area contributed by atoms with Crippen LogP contribution < -0.4 is 0 Å². The first-order valence-electron chi connectivity index (χ1n) is 6.66. The maximum absolute atomic E-state index is 11.8. The Morgan fingerprint density at radius 2 is 2.00 bits per heavy atom. The van der Waals surface area contributed by atoms with E-state index in [0.717, 1.165) is 24.9 Å². The first kappa shape index (κ1) is 11.9. The van der Waals surface area contributed by atoms with Crippen molar-refractivity contribution in [1.82, 2.24) is 4.90 Å². The van der Waals surface area contributed by atoms with Crippen LogP contribution in [-0.2, 0) is 9.53 Å². The monoisotopic (exact) mass is 225 g/mol. The normalized spacial score (nSPS) is 29.9. The lowest BCUT2D eigenvalue weighted by Crippen LogP contribution is -2.46. The number of carbonyl (C=O) groups is 1. The minimum Gasteiger partial charge on any atom is -0.372 e. The van der Waals surface area contributed by atoms with Crippen molar-refractivity contribution < 1.29 is 9.53 Å². The zero-order valence-corrected chi connectivity index (χ0v) is 10.3. The van der Waals surface area contributed by atoms with Crippen LogP contribution in [0.15, 0.2) is 0 Å². The highest BCUT2D eigenvalue weighted by atomic mass is 16.5. The molecule has 1 heterocycles. The summed E-state index contributed by atoms with van der Waals surface area (Å²) in [5.41, 5.74) is 0. The van der Waals surface area contributed by atoms with Crippen LogP contribution >= 0.6 is 0 Å². The molecule has 16 heavy (non-hydrogen) atoms. The van der Waals surface area contributed by atoms with E-state index in [1.807, 2.05) is 11.8 Å². The van der Waals surface area contributed by atoms with Crippen molar-refractivity contribution in [3.63, 3.8) is 0 Å². The summed E-state index contributed by atoms with van der Waals surface area (Å²) >= 11 is 0. The highest BCUT2D eigenvalue weighted by molar-refractivity contribution is 5.77. The van der Waals surface area contributed by atoms with Gasteiger partial charge >= 0.3 is 0 Å². The molecule has 1 aliphatic heterocycles. The number of ether oxygens (including phenoxy) is 1. The zero-order chi connectivity index (χ0) is 11.4. The smallest absolute Gasteiger partial charge is 0.248 e. The standard InChI is InChI=1S/C13H23NO2/c1-2-16-10-13(15)14-8-7-11-5-3-4-6-12(11)9-14/h11-12H,2-10H2,1H3/t11-,12+/m0/s1. The second-order valence-corrected chi connectivity index (χ2v) is 5.07. The second kappa shape index (κ2) is 5.67. The summed E-state index contributed by atoms with van der Waals surface area (Å²) in [6.45, 7) is 4.77. The number of carbonyl (C=O) groups excluding carboxylic acids is 1. The molecule has 0 aromatic heterocycles. The Morgan fingerprint density at radius 1 is 1.25 bits per heavy atom. The molecule has 0 N–H and O–H groups in total. The summed E-state index contributed by atoms with van der Waals surface area (Å²) in [5, 5.41) is 0. The average Bonchev–Trinajstić information content (AvgIpc) is 2.35. The Balaban J connectivity index is 1.82. The fourth-order valence-electron chi connectivity index (χ4n) is 3.11. The Morgan fingerprint density at radius 3 is 2.75 bits per heavy atom. The SMILES string of the molecule is CCOCC(=O)N1CC[C@@H]2CCCC[C@@H]2C1. The van der Waals surface area contributed by atoms with Gasteiger partial charge in [-0.15, -0.1) is 0 Å². The fraction of sp³-hybridized carbons (Fsp3) is 0.923. The van der Waals surface area contributed by atoms with Crippen LogP contribution in [0.5, 0.6) is 0 Å². The Bertz CT molecular complexity index is 242. The van der Waals surface area contributed by atoms with Gasteiger partial charge in [-0.05, 0) is 31.6 Å². The van der Waals surface area contributed by atoms with Gasteiger partial charge < -0.3 is 9.64 Å². The van der Waals surface area contributed by atoms with Crippen molar-refractivity contribution in [2.45, 2.75) is 39.0 Å². The minimum atomic E-state index is 0.186. The molecule has 0 unspecified atom stereocenters. The van der Waals surface area contributed by atoms with E-state index < -0.39 is 0 Å². The fourth-order valence-corrected chi connectivity index (χ4v) is 3.11. The number of nitrogens with zero attached hydrogens (tertiary/aromatic N) is 1. The summed E-state index contributed by atoms with van der Waals surface area (Å²) in [6.07, 6.45) is 6.67. The number of piperidine rings is 1. The highest BCUT2D eigenvalue weighted by Crippen LogP contribution is 2.35. The van der Waals surface area contributed by atoms with Crippen molar-refractivity contribution in [3.8, 4) is 0 Å². The Kier molecular flexibility index (Phi) is 4.22. The van der Waals surface area contributed by atoms with Crippen LogP contribution in [0.4, 0.5) is 0 Å². The van der Waals surface area contributed by atoms with Crippen LogP contribution in [0.3, 0.4) is 0 Å². The maximum Gasteiger partial charge on any atom is 0.248 e. The van der Waals surface area contributed by atoms with Gasteiger partial charge in [0.25, 0.3) is 0 Å². The predicted molar refractivity (Wildman–Crippen MR) is 63.1 cm³/mol. The molecule has 1 saturated carbocycles. The quantitative estimate of drug-likeness (QED) is 0.736. The third-order valence-electron chi connectivity index (χ3n) is 4.07. The molecule has 0 aromatic carbocycles. The molecule has 92 valence electrons. The van der Waals surface area contributed by atoms with Crippen LogP contribution in [0.2, 0.25) is 0 Å². The number of hydrogen-bond acceptors (Lipinski definition) is 2. The topological polar surface area (TPSA) is 29.5 Å². The second-order valence-electron chi connectivity index (χ2n) is 5.07. The first-order valence-corrected chi connectivity index (χ1v) is 6.66. The van der Waals surface area contributed by atoms with E-state index in [0.29, 0.717) is 6.61 Å². The molecular weight excluding hydrogens is 202 g/mol. The number of likely N-dealkylation sites (tertiary alicyclic amines) is 1. The van der Waals surface area contributed by atoms with Gasteiger partial charge in [0.2, 0.25) is 5.91 Å². The van der Waals surface area contributed by atoms with Crippen LogP contribution in [0.1, 0.15) is 39.0 Å². The highest BCUT2D eigenvalue weighted by Gasteiger charge is 2.32. The van der Waals surface area contributed by atoms with Crippen molar-refractivity contribution >= 4 is 5.91 Å². The molecule has 0 radical (unpaired) electrons. The summed E-state index contributed by atoms with van der Waals surface area (Å²) in [7, 11) is 0. The lowest BCUT2D eigenvalue weighted by molar-refractivity contribution is -0.139. The average molecular weight is 225 g/mol. The largest absolute Gasteiger partial charge is 0.372 e. The van der Waals surface area contributed by atoms with Gasteiger partial charge in [-0.2, -0.15) is 0 Å². The van der Waals surface area contributed by atoms with Crippen LogP contribution in [-0.4, -0.2) is 37.1 Å². The van der Waals surface area contributed by atoms with E-state index in [1.165, 1.54) is 32.1 Å². The zero-order valence-electron chi connectivity index (χ0n) is 10.3. The molecule has 0 aromatic rings. The third kappa shape index (κ3) is 2.76. The van der Waals surface area contributed by atoms with E-state index in [4.69, 9.17) is 4.74 Å². The number of rotatable bonds is 3. The first-order chi connectivity index (χ1) is 7.81. The minimum absolute atomic E-state index is 0.186. The third-order valence-corrected chi connectivity index (χ3v) is 4.07. The summed E-state index contributed by atoms with van der Waals surface area (Å²) in [6, 6.07) is 0. The van der Waals surface area contributed by atoms with E-state index in [9.17, 15) is 4.79 Å². The molecule has 2 atom stereocenters. The molecule has 1 amide bonds. The van der Waals surface area contributed by atoms with Gasteiger partial charge in [-0.25, -0.2) is 0 Å². The number of hydrogen-bond donors (Lipinski definition) is 0.